The van der Waals surface area contributed by atoms with Crippen molar-refractivity contribution in [3.05, 3.63) is 35.4 Å². The normalized spacial score (nSPS) is 19.7. The van der Waals surface area contributed by atoms with Crippen molar-refractivity contribution in [1.82, 2.24) is 10.2 Å². The van der Waals surface area contributed by atoms with Gasteiger partial charge in [-0.3, -0.25) is 0 Å². The van der Waals surface area contributed by atoms with Crippen LogP contribution in [0, 0.1) is 18.3 Å². The molecule has 1 aromatic rings. The largest absolute Gasteiger partial charge is 0.312 e. The van der Waals surface area contributed by atoms with Crippen LogP contribution in [-0.2, 0) is 0 Å². The molecule has 0 bridgehead atoms. The van der Waals surface area contributed by atoms with Crippen LogP contribution in [0.1, 0.15) is 50.8 Å². The van der Waals surface area contributed by atoms with E-state index in [9.17, 15) is 0 Å². The molecule has 1 unspecified atom stereocenters. The molecule has 1 saturated heterocycles. The molecule has 118 valence electrons. The monoisotopic (exact) mass is 288 g/mol. The second-order valence-electron chi connectivity index (χ2n) is 7.69. The predicted molar refractivity (Wildman–Crippen MR) is 91.6 cm³/mol. The van der Waals surface area contributed by atoms with Crippen LogP contribution in [0.5, 0.6) is 0 Å². The minimum atomic E-state index is 0.441. The molecule has 1 atom stereocenters. The number of benzene rings is 1. The van der Waals surface area contributed by atoms with Gasteiger partial charge in [0.15, 0.2) is 0 Å². The lowest BCUT2D eigenvalue weighted by Crippen LogP contribution is -2.41. The van der Waals surface area contributed by atoms with Gasteiger partial charge in [-0.2, -0.15) is 0 Å². The summed E-state index contributed by atoms with van der Waals surface area (Å²) in [6, 6.07) is 9.39. The topological polar surface area (TPSA) is 15.3 Å². The Labute approximate surface area is 130 Å². The van der Waals surface area contributed by atoms with E-state index in [0.717, 1.165) is 12.5 Å². The highest BCUT2D eigenvalue weighted by molar-refractivity contribution is 5.24. The van der Waals surface area contributed by atoms with Gasteiger partial charge in [0.05, 0.1) is 0 Å². The van der Waals surface area contributed by atoms with Gasteiger partial charge in [0, 0.05) is 12.6 Å². The Balaban J connectivity index is 1.90. The number of hydrogen-bond donors (Lipinski definition) is 1. The third kappa shape index (κ3) is 4.55. The predicted octanol–water partition coefficient (Wildman–Crippen LogP) is 4.01. The number of piperidine rings is 1. The molecule has 2 nitrogen and oxygen atoms in total. The fourth-order valence-electron chi connectivity index (χ4n) is 3.40. The Morgan fingerprint density at radius 1 is 1.14 bits per heavy atom. The molecular formula is C19H32N2. The lowest BCUT2D eigenvalue weighted by Gasteiger charge is -2.39. The van der Waals surface area contributed by atoms with Crippen LogP contribution in [0.3, 0.4) is 0 Å². The van der Waals surface area contributed by atoms with Crippen molar-refractivity contribution >= 4 is 0 Å². The first-order valence-corrected chi connectivity index (χ1v) is 8.36. The van der Waals surface area contributed by atoms with Gasteiger partial charge in [0.1, 0.15) is 0 Å². The summed E-state index contributed by atoms with van der Waals surface area (Å²) in [6.07, 6.45) is 2.68. The van der Waals surface area contributed by atoms with Gasteiger partial charge in [-0.05, 0) is 56.8 Å². The third-order valence-corrected chi connectivity index (χ3v) is 5.08. The van der Waals surface area contributed by atoms with E-state index in [1.807, 2.05) is 0 Å². The van der Waals surface area contributed by atoms with Crippen LogP contribution in [0.2, 0.25) is 0 Å². The fourth-order valence-corrected chi connectivity index (χ4v) is 3.40. The molecule has 0 radical (unpaired) electrons. The van der Waals surface area contributed by atoms with E-state index in [-0.39, 0.29) is 0 Å². The van der Waals surface area contributed by atoms with Gasteiger partial charge >= 0.3 is 0 Å². The summed E-state index contributed by atoms with van der Waals surface area (Å²) in [6.45, 7) is 12.9. The first-order valence-electron chi connectivity index (χ1n) is 8.36. The van der Waals surface area contributed by atoms with Gasteiger partial charge < -0.3 is 10.2 Å². The highest BCUT2D eigenvalue weighted by Crippen LogP contribution is 2.34. The molecule has 0 aromatic heterocycles. The molecule has 0 spiro atoms. The van der Waals surface area contributed by atoms with Crippen molar-refractivity contribution < 1.29 is 0 Å². The molecule has 21 heavy (non-hydrogen) atoms. The average molecular weight is 288 g/mol. The van der Waals surface area contributed by atoms with Gasteiger partial charge in [-0.1, -0.05) is 50.6 Å². The standard InChI is InChI=1S/C19H32N2/c1-15-6-8-16(9-7-15)18(20-5)14-21-12-10-17(11-13-21)19(2,3)4/h6-9,17-18,20H,10-14H2,1-5H3. The first kappa shape index (κ1) is 16.5. The molecule has 0 aliphatic carbocycles. The number of likely N-dealkylation sites (N-methyl/N-ethyl adjacent to an activating group) is 1. The summed E-state index contributed by atoms with van der Waals surface area (Å²) in [5.41, 5.74) is 3.20. The van der Waals surface area contributed by atoms with Gasteiger partial charge in [0.25, 0.3) is 0 Å². The lowest BCUT2D eigenvalue weighted by molar-refractivity contribution is 0.106. The maximum absolute atomic E-state index is 3.48. The number of nitrogens with zero attached hydrogens (tertiary/aromatic N) is 1. The van der Waals surface area contributed by atoms with Crippen molar-refractivity contribution in [1.29, 1.82) is 0 Å². The smallest absolute Gasteiger partial charge is 0.0446 e. The van der Waals surface area contributed by atoms with Crippen molar-refractivity contribution in [2.45, 2.75) is 46.6 Å². The Morgan fingerprint density at radius 2 is 1.71 bits per heavy atom. The zero-order valence-corrected chi connectivity index (χ0v) is 14.4. The second-order valence-corrected chi connectivity index (χ2v) is 7.69. The summed E-state index contributed by atoms with van der Waals surface area (Å²) in [4.78, 5) is 2.63. The van der Waals surface area contributed by atoms with Gasteiger partial charge in [0.2, 0.25) is 0 Å². The average Bonchev–Trinajstić information content (AvgIpc) is 2.45. The van der Waals surface area contributed by atoms with Crippen molar-refractivity contribution in [2.24, 2.45) is 11.3 Å². The highest BCUT2D eigenvalue weighted by Gasteiger charge is 2.29. The fraction of sp³-hybridized carbons (Fsp3) is 0.684. The van der Waals surface area contributed by atoms with E-state index >= 15 is 0 Å². The van der Waals surface area contributed by atoms with E-state index in [0.29, 0.717) is 11.5 Å². The molecule has 1 aliphatic heterocycles. The summed E-state index contributed by atoms with van der Waals surface area (Å²) in [7, 11) is 2.08. The molecule has 2 heteroatoms. The Bertz CT molecular complexity index is 422. The molecule has 1 aliphatic rings. The van der Waals surface area contributed by atoms with E-state index in [1.165, 1.54) is 37.1 Å². The van der Waals surface area contributed by atoms with Crippen molar-refractivity contribution in [3.8, 4) is 0 Å². The lowest BCUT2D eigenvalue weighted by atomic mass is 9.75. The number of nitrogens with one attached hydrogen (secondary N) is 1. The third-order valence-electron chi connectivity index (χ3n) is 5.08. The Hall–Kier alpha value is -0.860. The van der Waals surface area contributed by atoms with Crippen LogP contribution in [0.15, 0.2) is 24.3 Å². The van der Waals surface area contributed by atoms with E-state index in [4.69, 9.17) is 0 Å². The molecule has 1 fully saturated rings. The molecule has 2 rings (SSSR count). The summed E-state index contributed by atoms with van der Waals surface area (Å²) >= 11 is 0. The van der Waals surface area contributed by atoms with Crippen LogP contribution < -0.4 is 5.32 Å². The summed E-state index contributed by atoms with van der Waals surface area (Å²) in [5, 5.41) is 3.48. The second kappa shape index (κ2) is 6.93. The van der Waals surface area contributed by atoms with Crippen molar-refractivity contribution in [3.63, 3.8) is 0 Å². The Morgan fingerprint density at radius 3 is 2.19 bits per heavy atom. The highest BCUT2D eigenvalue weighted by atomic mass is 15.2. The first-order chi connectivity index (χ1) is 9.90. The molecule has 0 saturated carbocycles. The number of likely N-dealkylation sites (tertiary alicyclic amines) is 1. The zero-order valence-electron chi connectivity index (χ0n) is 14.4. The summed E-state index contributed by atoms with van der Waals surface area (Å²) < 4.78 is 0. The maximum atomic E-state index is 3.48. The SMILES string of the molecule is CNC(CN1CCC(C(C)(C)C)CC1)c1ccc(C)cc1. The molecular weight excluding hydrogens is 256 g/mol. The number of hydrogen-bond acceptors (Lipinski definition) is 2. The summed E-state index contributed by atoms with van der Waals surface area (Å²) in [5.74, 6) is 0.876. The maximum Gasteiger partial charge on any atom is 0.0446 e. The van der Waals surface area contributed by atoms with Gasteiger partial charge in [-0.25, -0.2) is 0 Å². The molecule has 1 heterocycles. The molecule has 0 amide bonds. The van der Waals surface area contributed by atoms with Crippen molar-refractivity contribution in [2.75, 3.05) is 26.7 Å². The minimum Gasteiger partial charge on any atom is -0.312 e. The Kier molecular flexibility index (Phi) is 5.45. The molecule has 1 N–H and O–H groups in total. The van der Waals surface area contributed by atoms with E-state index < -0.39 is 0 Å². The number of aryl methyl sites for hydroxylation is 1. The van der Waals surface area contributed by atoms with Crippen LogP contribution in [0.4, 0.5) is 0 Å². The van der Waals surface area contributed by atoms with E-state index in [2.05, 4.69) is 69.2 Å². The van der Waals surface area contributed by atoms with Crippen LogP contribution in [0.25, 0.3) is 0 Å². The quantitative estimate of drug-likeness (QED) is 0.900. The molecule has 1 aromatic carbocycles. The van der Waals surface area contributed by atoms with E-state index in [1.54, 1.807) is 0 Å². The zero-order chi connectivity index (χ0) is 15.5. The van der Waals surface area contributed by atoms with Crippen LogP contribution in [-0.4, -0.2) is 31.6 Å². The van der Waals surface area contributed by atoms with Gasteiger partial charge in [-0.15, -0.1) is 0 Å². The minimum absolute atomic E-state index is 0.441. The number of rotatable bonds is 4. The van der Waals surface area contributed by atoms with Crippen LogP contribution >= 0.6 is 0 Å².